The lowest BCUT2D eigenvalue weighted by atomic mass is 10.0. The first kappa shape index (κ1) is 32.1. The highest BCUT2D eigenvalue weighted by Gasteiger charge is 2.29. The third-order valence-corrected chi connectivity index (χ3v) is 12.8. The molecule has 57 heavy (non-hydrogen) atoms. The number of aromatic nitrogens is 2. The van der Waals surface area contributed by atoms with Crippen LogP contribution in [0.3, 0.4) is 0 Å². The Bertz CT molecular complexity index is 3370. The van der Waals surface area contributed by atoms with E-state index < -0.39 is 0 Å². The summed E-state index contributed by atoms with van der Waals surface area (Å²) in [4.78, 5) is 6.70. The minimum Gasteiger partial charge on any atom is -0.343 e. The van der Waals surface area contributed by atoms with Gasteiger partial charge in [0.05, 0.1) is 38.7 Å². The Morgan fingerprint density at radius 2 is 0.982 bits per heavy atom. The van der Waals surface area contributed by atoms with Crippen LogP contribution in [0.5, 0.6) is 0 Å². The molecular formula is C52H34N4S. The maximum atomic E-state index is 5.46. The monoisotopic (exact) mass is 746 g/mol. The van der Waals surface area contributed by atoms with Crippen LogP contribution in [-0.4, -0.2) is 15.1 Å². The van der Waals surface area contributed by atoms with Crippen molar-refractivity contribution in [1.29, 1.82) is 0 Å². The molecule has 0 saturated heterocycles. The predicted octanol–water partition coefficient (Wildman–Crippen LogP) is 13.7. The molecule has 1 aliphatic heterocycles. The van der Waals surface area contributed by atoms with E-state index in [9.17, 15) is 0 Å². The summed E-state index contributed by atoms with van der Waals surface area (Å²) in [5.41, 5.74) is 12.8. The Kier molecular flexibility index (Phi) is 7.13. The van der Waals surface area contributed by atoms with Gasteiger partial charge in [-0.1, -0.05) is 146 Å². The largest absolute Gasteiger partial charge is 0.343 e. The number of thiophene rings is 1. The molecule has 0 fully saturated rings. The number of rotatable bonds is 4. The number of para-hydroxylation sites is 2. The van der Waals surface area contributed by atoms with Crippen molar-refractivity contribution in [2.24, 2.45) is 4.99 Å². The molecule has 3 aromatic heterocycles. The average molecular weight is 747 g/mol. The van der Waals surface area contributed by atoms with Crippen molar-refractivity contribution in [3.63, 3.8) is 0 Å². The smallest absolute Gasteiger partial charge is 0.209 e. The first-order valence-electron chi connectivity index (χ1n) is 19.4. The fourth-order valence-electron chi connectivity index (χ4n) is 8.93. The van der Waals surface area contributed by atoms with Crippen LogP contribution in [0.15, 0.2) is 199 Å². The van der Waals surface area contributed by atoms with E-state index in [0.717, 1.165) is 33.9 Å². The van der Waals surface area contributed by atoms with Crippen molar-refractivity contribution < 1.29 is 0 Å². The number of nitrogens with zero attached hydrogens (tertiary/aromatic N) is 3. The lowest BCUT2D eigenvalue weighted by molar-refractivity contribution is 0.747. The van der Waals surface area contributed by atoms with Gasteiger partial charge in [0.25, 0.3) is 0 Å². The standard InChI is InChI=1S/C52H34N4S/c1-3-13-33(14-4-1)34-23-27-38(28-24-34)55-44-20-10-8-18-40(44)43-31-36(26-30-46(43)55)37-25-29-41-39-17-7-11-21-45(39)56(47(41)32-37)52-53-49(35-15-5-2-6-16-35)51-50(54-52)42-19-9-12-22-48(42)57-51/h1-32,49H,(H,53,54). The summed E-state index contributed by atoms with van der Waals surface area (Å²) in [6, 6.07) is 70.2. The molecule has 1 aliphatic rings. The zero-order valence-corrected chi connectivity index (χ0v) is 31.6. The molecule has 0 aliphatic carbocycles. The van der Waals surface area contributed by atoms with Gasteiger partial charge >= 0.3 is 0 Å². The van der Waals surface area contributed by atoms with Gasteiger partial charge in [-0.25, -0.2) is 4.99 Å². The Labute approximate surface area is 333 Å². The Hall–Kier alpha value is -7.21. The SMILES string of the molecule is c1ccc(-c2ccc(-n3c4ccccc4c4cc(-c5ccc6c7ccccc7n(C7=Nc8c(sc9ccccc89)C(c8ccccc8)N7)c6c5)ccc43)cc2)cc1. The maximum absolute atomic E-state index is 5.46. The summed E-state index contributed by atoms with van der Waals surface area (Å²) in [7, 11) is 0. The first-order chi connectivity index (χ1) is 28.3. The van der Waals surface area contributed by atoms with Crippen molar-refractivity contribution >= 4 is 76.7 Å². The maximum Gasteiger partial charge on any atom is 0.209 e. The van der Waals surface area contributed by atoms with Crippen LogP contribution in [-0.2, 0) is 0 Å². The van der Waals surface area contributed by atoms with E-state index in [0.29, 0.717) is 0 Å². The molecule has 0 radical (unpaired) electrons. The minimum absolute atomic E-state index is 0.0280. The molecule has 4 heterocycles. The minimum atomic E-state index is -0.0280. The highest BCUT2D eigenvalue weighted by molar-refractivity contribution is 7.19. The third-order valence-electron chi connectivity index (χ3n) is 11.6. The Balaban J connectivity index is 1.02. The van der Waals surface area contributed by atoms with Crippen molar-refractivity contribution in [3.8, 4) is 27.9 Å². The van der Waals surface area contributed by atoms with Crippen LogP contribution in [0.2, 0.25) is 0 Å². The molecule has 11 aromatic rings. The fourth-order valence-corrected chi connectivity index (χ4v) is 10.2. The Morgan fingerprint density at radius 3 is 1.77 bits per heavy atom. The Morgan fingerprint density at radius 1 is 0.421 bits per heavy atom. The number of benzene rings is 8. The van der Waals surface area contributed by atoms with Crippen LogP contribution >= 0.6 is 11.3 Å². The van der Waals surface area contributed by atoms with E-state index >= 15 is 0 Å². The second kappa shape index (κ2) is 12.7. The first-order valence-corrected chi connectivity index (χ1v) is 20.2. The van der Waals surface area contributed by atoms with Crippen molar-refractivity contribution in [2.45, 2.75) is 6.04 Å². The van der Waals surface area contributed by atoms with E-state index in [4.69, 9.17) is 4.99 Å². The summed E-state index contributed by atoms with van der Waals surface area (Å²) in [5, 5.41) is 10.0. The van der Waals surface area contributed by atoms with Crippen LogP contribution in [0.1, 0.15) is 16.5 Å². The van der Waals surface area contributed by atoms with Crippen molar-refractivity contribution in [2.75, 3.05) is 0 Å². The van der Waals surface area contributed by atoms with Gasteiger partial charge in [0, 0.05) is 37.3 Å². The van der Waals surface area contributed by atoms with Crippen LogP contribution in [0, 0.1) is 0 Å². The summed E-state index contributed by atoms with van der Waals surface area (Å²) in [6.07, 6.45) is 0. The van der Waals surface area contributed by atoms with Crippen LogP contribution in [0.25, 0.3) is 81.6 Å². The normalized spacial score (nSPS) is 14.0. The zero-order valence-electron chi connectivity index (χ0n) is 30.8. The molecule has 0 amide bonds. The summed E-state index contributed by atoms with van der Waals surface area (Å²) in [6.45, 7) is 0. The number of hydrogen-bond donors (Lipinski definition) is 1. The molecule has 8 aromatic carbocycles. The summed E-state index contributed by atoms with van der Waals surface area (Å²) >= 11 is 1.83. The van der Waals surface area contributed by atoms with Gasteiger partial charge in [-0.3, -0.25) is 4.57 Å². The molecule has 0 saturated carbocycles. The van der Waals surface area contributed by atoms with E-state index in [1.807, 2.05) is 11.3 Å². The highest BCUT2D eigenvalue weighted by Crippen LogP contribution is 2.46. The lowest BCUT2D eigenvalue weighted by Gasteiger charge is -2.26. The quantitative estimate of drug-likeness (QED) is 0.191. The molecule has 1 N–H and O–H groups in total. The van der Waals surface area contributed by atoms with Crippen LogP contribution < -0.4 is 5.32 Å². The van der Waals surface area contributed by atoms with Crippen molar-refractivity contribution in [1.82, 2.24) is 14.5 Å². The second-order valence-electron chi connectivity index (χ2n) is 14.8. The molecule has 0 spiro atoms. The number of aliphatic imine (C=N–C) groups is 1. The number of hydrogen-bond acceptors (Lipinski definition) is 3. The van der Waals surface area contributed by atoms with Gasteiger partial charge in [0.1, 0.15) is 0 Å². The predicted molar refractivity (Wildman–Crippen MR) is 240 cm³/mol. The zero-order chi connectivity index (χ0) is 37.5. The van der Waals surface area contributed by atoms with Gasteiger partial charge in [0.2, 0.25) is 5.96 Å². The molecule has 268 valence electrons. The summed E-state index contributed by atoms with van der Waals surface area (Å²) in [5.74, 6) is 0.833. The van der Waals surface area contributed by atoms with Gasteiger partial charge in [0.15, 0.2) is 0 Å². The molecule has 12 rings (SSSR count). The topological polar surface area (TPSA) is 34.2 Å². The number of nitrogens with one attached hydrogen (secondary N) is 1. The lowest BCUT2D eigenvalue weighted by Crippen LogP contribution is -2.36. The second-order valence-corrected chi connectivity index (χ2v) is 15.9. The van der Waals surface area contributed by atoms with Gasteiger partial charge in [-0.2, -0.15) is 0 Å². The molecule has 1 unspecified atom stereocenters. The molecule has 0 bridgehead atoms. The molecular weight excluding hydrogens is 713 g/mol. The van der Waals surface area contributed by atoms with Crippen molar-refractivity contribution in [3.05, 3.63) is 205 Å². The van der Waals surface area contributed by atoms with Crippen LogP contribution in [0.4, 0.5) is 5.69 Å². The average Bonchev–Trinajstić information content (AvgIpc) is 3.94. The van der Waals surface area contributed by atoms with E-state index in [-0.39, 0.29) is 6.04 Å². The van der Waals surface area contributed by atoms with E-state index in [2.05, 4.69) is 209 Å². The van der Waals surface area contributed by atoms with Gasteiger partial charge in [-0.05, 0) is 76.3 Å². The summed E-state index contributed by atoms with van der Waals surface area (Å²) < 4.78 is 5.98. The van der Waals surface area contributed by atoms with Gasteiger partial charge < -0.3 is 9.88 Å². The van der Waals surface area contributed by atoms with Gasteiger partial charge in [-0.15, -0.1) is 11.3 Å². The fraction of sp³-hybridized carbons (Fsp3) is 0.0192. The van der Waals surface area contributed by atoms with E-state index in [1.54, 1.807) is 0 Å². The highest BCUT2D eigenvalue weighted by atomic mass is 32.1. The van der Waals surface area contributed by atoms with E-state index in [1.165, 1.54) is 69.8 Å². The number of fused-ring (bicyclic) bond motifs is 9. The molecule has 4 nitrogen and oxygen atoms in total. The molecule has 5 heteroatoms. The molecule has 1 atom stereocenters. The third kappa shape index (κ3) is 5.03.